The van der Waals surface area contributed by atoms with Gasteiger partial charge in [0, 0.05) is 37.2 Å². The quantitative estimate of drug-likeness (QED) is 0.506. The molecule has 0 aliphatic heterocycles. The molecule has 0 saturated carbocycles. The fourth-order valence-corrected chi connectivity index (χ4v) is 2.50. The Kier molecular flexibility index (Phi) is 3.37. The summed E-state index contributed by atoms with van der Waals surface area (Å²) in [4.78, 5) is 4.41. The number of hydrogen-bond acceptors (Lipinski definition) is 4. The lowest BCUT2D eigenvalue weighted by atomic mass is 10.1. The monoisotopic (exact) mass is 299 g/mol. The van der Waals surface area contributed by atoms with Gasteiger partial charge in [-0.1, -0.05) is 0 Å². The average molecular weight is 299 g/mol. The van der Waals surface area contributed by atoms with Crippen molar-refractivity contribution < 1.29 is 0 Å². The third-order valence-corrected chi connectivity index (χ3v) is 3.36. The first-order chi connectivity index (χ1) is 10.6. The Bertz CT molecular complexity index is 688. The van der Waals surface area contributed by atoms with E-state index in [2.05, 4.69) is 20.3 Å². The standard InChI is InChI=1S/C13H17N9/c1-13(19-12(14)15,22-10-4-7-18-22)11(20-8-2-5-16-20)21-9-3-6-17-21/h2-11H,1H3,(H4,14,15,19). The van der Waals surface area contributed by atoms with Crippen LogP contribution in [0.2, 0.25) is 0 Å². The number of rotatable bonds is 5. The second-order valence-electron chi connectivity index (χ2n) is 4.93. The zero-order valence-corrected chi connectivity index (χ0v) is 12.1. The number of guanidine groups is 1. The Morgan fingerprint density at radius 1 is 0.955 bits per heavy atom. The van der Waals surface area contributed by atoms with Gasteiger partial charge in [-0.15, -0.1) is 0 Å². The van der Waals surface area contributed by atoms with Crippen LogP contribution in [0.3, 0.4) is 0 Å². The smallest absolute Gasteiger partial charge is 0.194 e. The molecule has 0 aliphatic carbocycles. The molecule has 0 radical (unpaired) electrons. The van der Waals surface area contributed by atoms with E-state index in [-0.39, 0.29) is 5.96 Å². The van der Waals surface area contributed by atoms with Crippen LogP contribution in [-0.4, -0.2) is 35.3 Å². The zero-order chi connectivity index (χ0) is 15.6. The lowest BCUT2D eigenvalue weighted by molar-refractivity contribution is 0.133. The van der Waals surface area contributed by atoms with Crippen LogP contribution in [0.5, 0.6) is 0 Å². The van der Waals surface area contributed by atoms with Crippen LogP contribution in [0.25, 0.3) is 0 Å². The highest BCUT2D eigenvalue weighted by Crippen LogP contribution is 2.31. The average Bonchev–Trinajstić information content (AvgIpc) is 3.23. The normalized spacial score (nSPS) is 13.9. The van der Waals surface area contributed by atoms with E-state index >= 15 is 0 Å². The number of nitrogens with two attached hydrogens (primary N) is 2. The minimum atomic E-state index is -0.944. The molecule has 0 saturated heterocycles. The van der Waals surface area contributed by atoms with E-state index in [1.165, 1.54) is 0 Å². The summed E-state index contributed by atoms with van der Waals surface area (Å²) in [5.74, 6) is -0.0395. The molecule has 114 valence electrons. The van der Waals surface area contributed by atoms with Crippen LogP contribution in [0.1, 0.15) is 13.1 Å². The van der Waals surface area contributed by atoms with Crippen LogP contribution >= 0.6 is 0 Å². The van der Waals surface area contributed by atoms with Crippen molar-refractivity contribution >= 4 is 5.96 Å². The van der Waals surface area contributed by atoms with E-state index in [0.29, 0.717) is 0 Å². The van der Waals surface area contributed by atoms with Crippen molar-refractivity contribution in [2.45, 2.75) is 18.8 Å². The van der Waals surface area contributed by atoms with Crippen molar-refractivity contribution in [2.24, 2.45) is 16.5 Å². The molecule has 4 N–H and O–H groups in total. The molecule has 9 heteroatoms. The summed E-state index contributed by atoms with van der Waals surface area (Å²) in [6.45, 7) is 1.87. The summed E-state index contributed by atoms with van der Waals surface area (Å²) < 4.78 is 5.16. The van der Waals surface area contributed by atoms with Crippen LogP contribution in [-0.2, 0) is 5.66 Å². The van der Waals surface area contributed by atoms with Crippen molar-refractivity contribution in [3.63, 3.8) is 0 Å². The van der Waals surface area contributed by atoms with Gasteiger partial charge >= 0.3 is 0 Å². The van der Waals surface area contributed by atoms with Gasteiger partial charge in [0.2, 0.25) is 0 Å². The van der Waals surface area contributed by atoms with Gasteiger partial charge in [-0.25, -0.2) is 19.0 Å². The number of hydrogen-bond donors (Lipinski definition) is 2. The Morgan fingerprint density at radius 3 is 1.91 bits per heavy atom. The number of aromatic nitrogens is 6. The van der Waals surface area contributed by atoms with E-state index in [4.69, 9.17) is 11.5 Å². The summed E-state index contributed by atoms with van der Waals surface area (Å²) in [6.07, 6.45) is 10.1. The maximum atomic E-state index is 5.66. The Hall–Kier alpha value is -3.10. The first-order valence-corrected chi connectivity index (χ1v) is 6.70. The molecule has 1 atom stereocenters. The maximum Gasteiger partial charge on any atom is 0.194 e. The van der Waals surface area contributed by atoms with Gasteiger partial charge in [0.05, 0.1) is 0 Å². The molecule has 3 heterocycles. The van der Waals surface area contributed by atoms with Gasteiger partial charge in [-0.2, -0.15) is 15.3 Å². The highest BCUT2D eigenvalue weighted by atomic mass is 15.5. The summed E-state index contributed by atoms with van der Waals surface area (Å²) >= 11 is 0. The van der Waals surface area contributed by atoms with Gasteiger partial charge in [-0.3, -0.25) is 0 Å². The molecule has 22 heavy (non-hydrogen) atoms. The highest BCUT2D eigenvalue weighted by molar-refractivity contribution is 5.76. The Balaban J connectivity index is 2.21. The third kappa shape index (κ3) is 2.32. The van der Waals surface area contributed by atoms with E-state index in [1.54, 1.807) is 38.8 Å². The van der Waals surface area contributed by atoms with E-state index in [0.717, 1.165) is 0 Å². The van der Waals surface area contributed by atoms with Crippen molar-refractivity contribution in [3.8, 4) is 0 Å². The molecule has 0 bridgehead atoms. The minimum absolute atomic E-state index is 0.0395. The summed E-state index contributed by atoms with van der Waals surface area (Å²) in [5, 5.41) is 12.9. The largest absolute Gasteiger partial charge is 0.370 e. The predicted octanol–water partition coefficient (Wildman–Crippen LogP) is -0.0307. The Morgan fingerprint density at radius 2 is 1.50 bits per heavy atom. The van der Waals surface area contributed by atoms with Gasteiger partial charge in [0.25, 0.3) is 0 Å². The number of aliphatic imine (C=N–C) groups is 1. The maximum absolute atomic E-state index is 5.66. The van der Waals surface area contributed by atoms with Crippen molar-refractivity contribution in [2.75, 3.05) is 0 Å². The lowest BCUT2D eigenvalue weighted by Gasteiger charge is -2.34. The fraction of sp³-hybridized carbons (Fsp3) is 0.231. The summed E-state index contributed by atoms with van der Waals surface area (Å²) in [6, 6.07) is 5.47. The molecule has 3 aromatic rings. The zero-order valence-electron chi connectivity index (χ0n) is 12.1. The van der Waals surface area contributed by atoms with Gasteiger partial charge in [-0.05, 0) is 25.1 Å². The van der Waals surface area contributed by atoms with Gasteiger partial charge in [0.1, 0.15) is 0 Å². The van der Waals surface area contributed by atoms with Crippen LogP contribution in [0, 0.1) is 0 Å². The third-order valence-electron chi connectivity index (χ3n) is 3.36. The second kappa shape index (κ2) is 5.35. The topological polar surface area (TPSA) is 118 Å². The lowest BCUT2D eigenvalue weighted by Crippen LogP contribution is -2.45. The van der Waals surface area contributed by atoms with Gasteiger partial charge in [0.15, 0.2) is 17.8 Å². The van der Waals surface area contributed by atoms with Crippen LogP contribution in [0.15, 0.2) is 60.4 Å². The molecule has 0 fully saturated rings. The molecule has 1 unspecified atom stereocenters. The molecule has 3 aromatic heterocycles. The first kappa shape index (κ1) is 13.9. The van der Waals surface area contributed by atoms with Crippen molar-refractivity contribution in [1.29, 1.82) is 0 Å². The van der Waals surface area contributed by atoms with E-state index in [1.807, 2.05) is 37.5 Å². The predicted molar refractivity (Wildman–Crippen MR) is 80.6 cm³/mol. The molecular weight excluding hydrogens is 282 g/mol. The molecule has 3 rings (SSSR count). The molecule has 0 spiro atoms. The summed E-state index contributed by atoms with van der Waals surface area (Å²) in [5.41, 5.74) is 10.4. The second-order valence-corrected chi connectivity index (χ2v) is 4.93. The van der Waals surface area contributed by atoms with Crippen LogP contribution < -0.4 is 11.5 Å². The SMILES string of the molecule is CC(N=C(N)N)(C(n1cccn1)n1cccn1)n1cccn1. The van der Waals surface area contributed by atoms with Crippen LogP contribution in [0.4, 0.5) is 0 Å². The molecule has 0 aliphatic rings. The molecule has 0 amide bonds. The number of nitrogens with zero attached hydrogens (tertiary/aromatic N) is 7. The highest BCUT2D eigenvalue weighted by Gasteiger charge is 2.40. The first-order valence-electron chi connectivity index (χ1n) is 6.70. The fourth-order valence-electron chi connectivity index (χ4n) is 2.50. The van der Waals surface area contributed by atoms with Crippen molar-refractivity contribution in [1.82, 2.24) is 29.3 Å². The molecule has 9 nitrogen and oxygen atoms in total. The van der Waals surface area contributed by atoms with E-state index in [9.17, 15) is 0 Å². The van der Waals surface area contributed by atoms with E-state index < -0.39 is 11.8 Å². The van der Waals surface area contributed by atoms with Gasteiger partial charge < -0.3 is 11.5 Å². The minimum Gasteiger partial charge on any atom is -0.370 e. The summed E-state index contributed by atoms with van der Waals surface area (Å²) in [7, 11) is 0. The Labute approximate surface area is 126 Å². The molecule has 0 aromatic carbocycles. The molecular formula is C13H17N9. The van der Waals surface area contributed by atoms with Crippen molar-refractivity contribution in [3.05, 3.63) is 55.4 Å².